The molecule has 0 spiro atoms. The Balaban J connectivity index is 2.32. The normalized spacial score (nSPS) is 12.2. The lowest BCUT2D eigenvalue weighted by molar-refractivity contribution is -0.138. The molecule has 0 radical (unpaired) electrons. The number of aryl methyl sites for hydroxylation is 1. The predicted octanol–water partition coefficient (Wildman–Crippen LogP) is 2.97. The molecule has 32 heavy (non-hydrogen) atoms. The van der Waals surface area contributed by atoms with E-state index in [4.69, 9.17) is 21.1 Å². The molecule has 1 heterocycles. The minimum Gasteiger partial charge on any atom is -0.506 e. The van der Waals surface area contributed by atoms with Crippen LogP contribution >= 0.6 is 11.6 Å². The van der Waals surface area contributed by atoms with Gasteiger partial charge in [0.05, 0.1) is 19.9 Å². The van der Waals surface area contributed by atoms with Gasteiger partial charge in [-0.05, 0) is 25.5 Å². The van der Waals surface area contributed by atoms with Crippen LogP contribution in [0.3, 0.4) is 0 Å². The van der Waals surface area contributed by atoms with Crippen LogP contribution in [0.15, 0.2) is 58.9 Å². The van der Waals surface area contributed by atoms with Gasteiger partial charge in [0, 0.05) is 11.8 Å². The minimum absolute atomic E-state index is 0.0882. The third-order valence-corrected chi connectivity index (χ3v) is 4.06. The SMILES string of the molecule is CCOC(=O)C(/C=N/C(=C\NNc1nnc(Cl)cc1C)C(=O)OC)=C(/O)c1ccccc1. The van der Waals surface area contributed by atoms with Crippen molar-refractivity contribution in [3.8, 4) is 0 Å². The summed E-state index contributed by atoms with van der Waals surface area (Å²) < 4.78 is 9.70. The number of aliphatic imine (C=N–C) groups is 1. The third kappa shape index (κ3) is 6.81. The van der Waals surface area contributed by atoms with Crippen LogP contribution in [-0.2, 0) is 19.1 Å². The summed E-state index contributed by atoms with van der Waals surface area (Å²) in [7, 11) is 1.18. The molecule has 0 aliphatic heterocycles. The van der Waals surface area contributed by atoms with E-state index >= 15 is 0 Å². The van der Waals surface area contributed by atoms with Crippen molar-refractivity contribution >= 4 is 41.3 Å². The van der Waals surface area contributed by atoms with Crippen molar-refractivity contribution in [2.24, 2.45) is 4.99 Å². The van der Waals surface area contributed by atoms with E-state index in [-0.39, 0.29) is 28.8 Å². The van der Waals surface area contributed by atoms with Crippen LogP contribution in [0, 0.1) is 6.92 Å². The minimum atomic E-state index is -0.806. The monoisotopic (exact) mass is 459 g/mol. The van der Waals surface area contributed by atoms with Gasteiger partial charge in [-0.1, -0.05) is 41.9 Å². The van der Waals surface area contributed by atoms with Crippen LogP contribution in [0.4, 0.5) is 5.82 Å². The summed E-state index contributed by atoms with van der Waals surface area (Å²) in [5, 5.41) is 18.4. The van der Waals surface area contributed by atoms with Gasteiger partial charge in [-0.25, -0.2) is 14.6 Å². The number of halogens is 1. The summed E-state index contributed by atoms with van der Waals surface area (Å²) in [5.41, 5.74) is 6.02. The number of methoxy groups -OCH3 is 1. The molecular weight excluding hydrogens is 438 g/mol. The number of ether oxygens (including phenoxy) is 2. The maximum Gasteiger partial charge on any atom is 0.358 e. The Labute approximate surface area is 189 Å². The molecule has 0 aliphatic rings. The summed E-state index contributed by atoms with van der Waals surface area (Å²) in [4.78, 5) is 28.5. The number of anilines is 1. The highest BCUT2D eigenvalue weighted by Crippen LogP contribution is 2.17. The van der Waals surface area contributed by atoms with Gasteiger partial charge in [0.2, 0.25) is 0 Å². The van der Waals surface area contributed by atoms with Gasteiger partial charge >= 0.3 is 11.9 Å². The zero-order chi connectivity index (χ0) is 23.5. The van der Waals surface area contributed by atoms with Crippen molar-refractivity contribution in [3.05, 3.63) is 70.1 Å². The average Bonchev–Trinajstić information content (AvgIpc) is 2.79. The number of hydrazine groups is 1. The summed E-state index contributed by atoms with van der Waals surface area (Å²) in [6.07, 6.45) is 2.22. The van der Waals surface area contributed by atoms with Gasteiger partial charge in [-0.2, -0.15) is 0 Å². The molecule has 10 nitrogen and oxygen atoms in total. The fourth-order valence-electron chi connectivity index (χ4n) is 2.31. The molecule has 0 atom stereocenters. The second kappa shape index (κ2) is 12.1. The van der Waals surface area contributed by atoms with Crippen molar-refractivity contribution in [3.63, 3.8) is 0 Å². The topological polar surface area (TPSA) is 135 Å². The van der Waals surface area contributed by atoms with Crippen molar-refractivity contribution in [2.75, 3.05) is 19.1 Å². The highest BCUT2D eigenvalue weighted by atomic mass is 35.5. The van der Waals surface area contributed by atoms with Gasteiger partial charge in [0.25, 0.3) is 0 Å². The molecule has 1 aromatic carbocycles. The second-order valence-corrected chi connectivity index (χ2v) is 6.48. The summed E-state index contributed by atoms with van der Waals surface area (Å²) >= 11 is 5.77. The molecule has 0 saturated heterocycles. The van der Waals surface area contributed by atoms with Gasteiger partial charge in [-0.3, -0.25) is 5.43 Å². The van der Waals surface area contributed by atoms with E-state index in [2.05, 4.69) is 26.0 Å². The van der Waals surface area contributed by atoms with Crippen LogP contribution in [-0.4, -0.2) is 47.2 Å². The van der Waals surface area contributed by atoms with Gasteiger partial charge < -0.3 is 20.0 Å². The van der Waals surface area contributed by atoms with Crippen LogP contribution in [0.5, 0.6) is 0 Å². The fraction of sp³-hybridized carbons (Fsp3) is 0.190. The van der Waals surface area contributed by atoms with Gasteiger partial charge in [-0.15, -0.1) is 10.2 Å². The summed E-state index contributed by atoms with van der Waals surface area (Å²) in [5.74, 6) is -1.58. The molecule has 3 N–H and O–H groups in total. The van der Waals surface area contributed by atoms with E-state index in [0.29, 0.717) is 16.9 Å². The molecule has 2 rings (SSSR count). The molecule has 0 unspecified atom stereocenters. The van der Waals surface area contributed by atoms with E-state index in [1.807, 2.05) is 0 Å². The Morgan fingerprint density at radius 2 is 1.94 bits per heavy atom. The molecule has 168 valence electrons. The maximum absolute atomic E-state index is 12.4. The lowest BCUT2D eigenvalue weighted by Gasteiger charge is -2.09. The number of aromatic nitrogens is 2. The Morgan fingerprint density at radius 3 is 2.56 bits per heavy atom. The quantitative estimate of drug-likeness (QED) is 0.170. The number of aliphatic hydroxyl groups excluding tert-OH is 1. The third-order valence-electron chi connectivity index (χ3n) is 3.88. The Morgan fingerprint density at radius 1 is 1.22 bits per heavy atom. The van der Waals surface area contributed by atoms with Crippen molar-refractivity contribution in [1.29, 1.82) is 0 Å². The van der Waals surface area contributed by atoms with Crippen LogP contribution in [0.25, 0.3) is 5.76 Å². The van der Waals surface area contributed by atoms with Crippen LogP contribution < -0.4 is 10.9 Å². The van der Waals surface area contributed by atoms with Crippen molar-refractivity contribution in [2.45, 2.75) is 13.8 Å². The average molecular weight is 460 g/mol. The standard InChI is InChI=1S/C21H22ClN5O5/c1-4-32-20(29)15(18(28)14-8-6-5-7-9-14)11-23-16(21(30)31-3)12-24-26-19-13(2)10-17(22)25-27-19/h5-12,24,28H,4H2,1-3H3,(H,26,27)/b16-12-,18-15+,23-11+. The molecule has 0 fully saturated rings. The Bertz CT molecular complexity index is 1050. The fourth-order valence-corrected chi connectivity index (χ4v) is 2.51. The van der Waals surface area contributed by atoms with E-state index in [0.717, 1.165) is 6.21 Å². The summed E-state index contributed by atoms with van der Waals surface area (Å²) in [6, 6.07) is 9.98. The number of carbonyl (C=O) groups is 2. The molecule has 1 aromatic heterocycles. The summed E-state index contributed by atoms with van der Waals surface area (Å²) in [6.45, 7) is 3.48. The number of carbonyl (C=O) groups excluding carboxylic acids is 2. The first-order valence-corrected chi connectivity index (χ1v) is 9.74. The zero-order valence-electron chi connectivity index (χ0n) is 17.6. The maximum atomic E-state index is 12.4. The lowest BCUT2D eigenvalue weighted by Crippen LogP contribution is -2.19. The highest BCUT2D eigenvalue weighted by Gasteiger charge is 2.17. The number of nitrogens with zero attached hydrogens (tertiary/aromatic N) is 3. The Hall–Kier alpha value is -3.92. The number of nitrogens with one attached hydrogen (secondary N) is 2. The lowest BCUT2D eigenvalue weighted by atomic mass is 10.1. The van der Waals surface area contributed by atoms with Crippen molar-refractivity contribution in [1.82, 2.24) is 15.6 Å². The molecule has 0 bridgehead atoms. The second-order valence-electron chi connectivity index (χ2n) is 6.10. The van der Waals surface area contributed by atoms with E-state index in [9.17, 15) is 14.7 Å². The smallest absolute Gasteiger partial charge is 0.358 e. The van der Waals surface area contributed by atoms with Gasteiger partial charge in [0.1, 0.15) is 11.3 Å². The number of rotatable bonds is 9. The number of hydrogen-bond acceptors (Lipinski definition) is 10. The van der Waals surface area contributed by atoms with E-state index in [1.54, 1.807) is 50.2 Å². The van der Waals surface area contributed by atoms with Crippen LogP contribution in [0.1, 0.15) is 18.1 Å². The predicted molar refractivity (Wildman–Crippen MR) is 120 cm³/mol. The number of esters is 2. The molecule has 2 aromatic rings. The van der Waals surface area contributed by atoms with E-state index in [1.165, 1.54) is 13.3 Å². The van der Waals surface area contributed by atoms with Crippen molar-refractivity contribution < 1.29 is 24.2 Å². The number of hydrogen-bond donors (Lipinski definition) is 3. The Kier molecular flexibility index (Phi) is 9.18. The van der Waals surface area contributed by atoms with E-state index < -0.39 is 11.9 Å². The molecule has 11 heteroatoms. The van der Waals surface area contributed by atoms with Gasteiger partial charge in [0.15, 0.2) is 16.7 Å². The molecule has 0 saturated carbocycles. The first-order valence-electron chi connectivity index (χ1n) is 9.37. The highest BCUT2D eigenvalue weighted by molar-refractivity contribution is 6.29. The molecule has 0 aliphatic carbocycles. The first kappa shape index (κ1) is 24.4. The van der Waals surface area contributed by atoms with Crippen LogP contribution in [0.2, 0.25) is 5.15 Å². The first-order chi connectivity index (χ1) is 15.4. The molecule has 0 amide bonds. The largest absolute Gasteiger partial charge is 0.506 e. The zero-order valence-corrected chi connectivity index (χ0v) is 18.4. The number of benzene rings is 1. The number of aliphatic hydroxyl groups is 1. The molecular formula is C21H22ClN5O5.